The summed E-state index contributed by atoms with van der Waals surface area (Å²) in [5.74, 6) is 0.349. The Morgan fingerprint density at radius 1 is 1.28 bits per heavy atom. The smallest absolute Gasteiger partial charge is 0.263 e. The highest BCUT2D eigenvalue weighted by Gasteiger charge is 2.41. The average Bonchev–Trinajstić information content (AvgIpc) is 3.25. The molecule has 152 valence electrons. The van der Waals surface area contributed by atoms with Gasteiger partial charge in [0.25, 0.3) is 5.91 Å². The van der Waals surface area contributed by atoms with Crippen molar-refractivity contribution in [2.75, 3.05) is 11.4 Å². The van der Waals surface area contributed by atoms with Crippen LogP contribution in [0.25, 0.3) is 0 Å². The molecule has 1 aromatic carbocycles. The molecule has 2 aliphatic heterocycles. The number of benzene rings is 1. The lowest BCUT2D eigenvalue weighted by Crippen LogP contribution is -2.52. The number of carbonyl (C=O) groups excluding carboxylic acids is 1. The lowest BCUT2D eigenvalue weighted by Gasteiger charge is -2.37. The molecule has 0 spiro atoms. The lowest BCUT2D eigenvalue weighted by molar-refractivity contribution is 0.0833. The minimum atomic E-state index is -3.65. The Kier molecular flexibility index (Phi) is 4.04. The molecule has 1 amide bonds. The molecule has 1 N–H and O–H groups in total. The van der Waals surface area contributed by atoms with Crippen LogP contribution in [-0.2, 0) is 23.6 Å². The summed E-state index contributed by atoms with van der Waals surface area (Å²) >= 11 is 0. The number of hydrogen-bond donors (Lipinski definition) is 1. The van der Waals surface area contributed by atoms with Gasteiger partial charge in [-0.15, -0.1) is 0 Å². The van der Waals surface area contributed by atoms with Gasteiger partial charge in [-0.2, -0.15) is 5.10 Å². The first-order valence-corrected chi connectivity index (χ1v) is 11.1. The molecule has 0 unspecified atom stereocenters. The Bertz CT molecular complexity index is 1130. The number of rotatable bonds is 5. The predicted octanol–water partition coefficient (Wildman–Crippen LogP) is 1.08. The van der Waals surface area contributed by atoms with Crippen LogP contribution in [0.1, 0.15) is 35.7 Å². The van der Waals surface area contributed by atoms with Crippen LogP contribution >= 0.6 is 0 Å². The highest BCUT2D eigenvalue weighted by Crippen LogP contribution is 2.35. The normalized spacial score (nSPS) is 21.2. The lowest BCUT2D eigenvalue weighted by atomic mass is 10.1. The van der Waals surface area contributed by atoms with Crippen LogP contribution in [0.15, 0.2) is 40.5 Å². The van der Waals surface area contributed by atoms with Gasteiger partial charge in [0.15, 0.2) is 0 Å². The second-order valence-electron chi connectivity index (χ2n) is 7.85. The Hall–Kier alpha value is -2.72. The van der Waals surface area contributed by atoms with Crippen molar-refractivity contribution in [3.8, 4) is 0 Å². The highest BCUT2D eigenvalue weighted by atomic mass is 32.2. The Morgan fingerprint density at radius 2 is 2.07 bits per heavy atom. The molecule has 1 atom stereocenters. The molecular weight excluding hydrogens is 392 g/mol. The fourth-order valence-electron chi connectivity index (χ4n) is 3.80. The number of aryl methyl sites for hydroxylation is 1. The molecule has 1 aliphatic carbocycles. The van der Waals surface area contributed by atoms with Gasteiger partial charge < -0.3 is 4.90 Å². The summed E-state index contributed by atoms with van der Waals surface area (Å²) in [4.78, 5) is 21.7. The first-order chi connectivity index (χ1) is 13.8. The summed E-state index contributed by atoms with van der Waals surface area (Å²) in [6.07, 6.45) is 5.28. The summed E-state index contributed by atoms with van der Waals surface area (Å²) < 4.78 is 29.7. The zero-order chi connectivity index (χ0) is 20.3. The first-order valence-electron chi connectivity index (χ1n) is 9.63. The summed E-state index contributed by atoms with van der Waals surface area (Å²) in [5, 5.41) is 4.17. The topological polar surface area (TPSA) is 99.9 Å². The van der Waals surface area contributed by atoms with Crippen molar-refractivity contribution in [1.82, 2.24) is 19.4 Å². The van der Waals surface area contributed by atoms with Gasteiger partial charge in [-0.1, -0.05) is 0 Å². The number of anilines is 1. The van der Waals surface area contributed by atoms with Crippen LogP contribution in [0.3, 0.4) is 0 Å². The molecule has 1 saturated carbocycles. The molecule has 2 aromatic rings. The Labute approximate surface area is 169 Å². The first kappa shape index (κ1) is 18.3. The van der Waals surface area contributed by atoms with Gasteiger partial charge in [-0.25, -0.2) is 13.1 Å². The number of nitrogens with zero attached hydrogens (tertiary/aromatic N) is 5. The van der Waals surface area contributed by atoms with Gasteiger partial charge in [0.1, 0.15) is 0 Å². The second-order valence-corrected chi connectivity index (χ2v) is 9.56. The van der Waals surface area contributed by atoms with Crippen molar-refractivity contribution in [1.29, 1.82) is 0 Å². The van der Waals surface area contributed by atoms with Crippen molar-refractivity contribution in [3.63, 3.8) is 0 Å². The third kappa shape index (κ3) is 3.12. The van der Waals surface area contributed by atoms with Crippen LogP contribution in [0, 0.1) is 0 Å². The number of guanidine groups is 1. The van der Waals surface area contributed by atoms with Crippen LogP contribution in [-0.4, -0.2) is 53.6 Å². The average molecular weight is 414 g/mol. The van der Waals surface area contributed by atoms with Crippen LogP contribution in [0.4, 0.5) is 5.69 Å². The maximum Gasteiger partial charge on any atom is 0.263 e. The molecule has 1 fully saturated rings. The van der Waals surface area contributed by atoms with Crippen LogP contribution in [0.2, 0.25) is 0 Å². The van der Waals surface area contributed by atoms with Crippen molar-refractivity contribution in [2.24, 2.45) is 12.0 Å². The molecule has 1 aromatic heterocycles. The van der Waals surface area contributed by atoms with E-state index >= 15 is 0 Å². The van der Waals surface area contributed by atoms with E-state index in [0.717, 1.165) is 18.4 Å². The van der Waals surface area contributed by atoms with E-state index in [0.29, 0.717) is 30.3 Å². The zero-order valence-electron chi connectivity index (χ0n) is 16.2. The van der Waals surface area contributed by atoms with Crippen molar-refractivity contribution in [3.05, 3.63) is 41.7 Å². The number of amides is 1. The van der Waals surface area contributed by atoms with Gasteiger partial charge in [0.2, 0.25) is 16.0 Å². The number of aliphatic imine (C=N–C) groups is 1. The molecular formula is C19H22N6O3S. The molecule has 9 nitrogen and oxygen atoms in total. The number of sulfonamides is 1. The predicted molar refractivity (Wildman–Crippen MR) is 107 cm³/mol. The van der Waals surface area contributed by atoms with Crippen LogP contribution < -0.4 is 9.62 Å². The molecule has 0 bridgehead atoms. The van der Waals surface area contributed by atoms with Crippen molar-refractivity contribution >= 4 is 27.6 Å². The molecule has 0 saturated heterocycles. The van der Waals surface area contributed by atoms with E-state index in [2.05, 4.69) is 14.8 Å². The summed E-state index contributed by atoms with van der Waals surface area (Å²) in [5.41, 5.74) is 1.96. The van der Waals surface area contributed by atoms with E-state index in [9.17, 15) is 13.2 Å². The SMILES string of the molecule is C[C@@H]1CN=C2N(Cc3cnn(C)c3)C(=O)c3cc(S(=O)(=O)NC4CC4)ccc3N21. The van der Waals surface area contributed by atoms with Gasteiger partial charge in [-0.3, -0.25) is 19.4 Å². The maximum absolute atomic E-state index is 13.4. The quantitative estimate of drug-likeness (QED) is 0.789. The molecule has 3 heterocycles. The number of aromatic nitrogens is 2. The van der Waals surface area contributed by atoms with Gasteiger partial charge >= 0.3 is 0 Å². The molecule has 3 aliphatic rings. The maximum atomic E-state index is 13.4. The summed E-state index contributed by atoms with van der Waals surface area (Å²) in [6, 6.07) is 4.86. The van der Waals surface area contributed by atoms with E-state index in [4.69, 9.17) is 0 Å². The number of fused-ring (bicyclic) bond motifs is 3. The van der Waals surface area contributed by atoms with Gasteiger partial charge in [-0.05, 0) is 38.0 Å². The zero-order valence-corrected chi connectivity index (χ0v) is 17.1. The van der Waals surface area contributed by atoms with Gasteiger partial charge in [0, 0.05) is 24.8 Å². The van der Waals surface area contributed by atoms with Crippen molar-refractivity contribution < 1.29 is 13.2 Å². The van der Waals surface area contributed by atoms with E-state index in [1.807, 2.05) is 25.1 Å². The third-order valence-electron chi connectivity index (χ3n) is 5.41. The van der Waals surface area contributed by atoms with E-state index in [1.54, 1.807) is 27.9 Å². The monoisotopic (exact) mass is 414 g/mol. The minimum Gasteiger partial charge on any atom is -0.307 e. The Balaban J connectivity index is 1.56. The van der Waals surface area contributed by atoms with E-state index in [-0.39, 0.29) is 22.9 Å². The van der Waals surface area contributed by atoms with E-state index < -0.39 is 10.0 Å². The summed E-state index contributed by atoms with van der Waals surface area (Å²) in [6.45, 7) is 2.94. The molecule has 0 radical (unpaired) electrons. The highest BCUT2D eigenvalue weighted by molar-refractivity contribution is 7.89. The molecule has 10 heteroatoms. The number of hydrogen-bond acceptors (Lipinski definition) is 6. The number of carbonyl (C=O) groups is 1. The Morgan fingerprint density at radius 3 is 2.76 bits per heavy atom. The fourth-order valence-corrected chi connectivity index (χ4v) is 5.13. The van der Waals surface area contributed by atoms with E-state index in [1.165, 1.54) is 6.07 Å². The third-order valence-corrected chi connectivity index (χ3v) is 6.92. The largest absolute Gasteiger partial charge is 0.307 e. The van der Waals surface area contributed by atoms with Crippen molar-refractivity contribution in [2.45, 2.75) is 43.3 Å². The molecule has 29 heavy (non-hydrogen) atoms. The standard InChI is InChI=1S/C19H22N6O3S/c1-12-8-20-19-24(11-13-9-21-23(2)10-13)18(26)16-7-15(5-6-17(16)25(12)19)29(27,28)22-14-3-4-14/h5-7,9-10,12,14,22H,3-4,8,11H2,1-2H3/t12-/m1/s1. The summed E-state index contributed by atoms with van der Waals surface area (Å²) in [7, 11) is -1.82. The number of nitrogens with one attached hydrogen (secondary N) is 1. The molecule has 5 rings (SSSR count). The minimum absolute atomic E-state index is 0.00570. The van der Waals surface area contributed by atoms with Gasteiger partial charge in [0.05, 0.1) is 41.5 Å². The second kappa shape index (κ2) is 6.39. The van der Waals surface area contributed by atoms with Crippen LogP contribution in [0.5, 0.6) is 0 Å². The fraction of sp³-hybridized carbons (Fsp3) is 0.421.